The Hall–Kier alpha value is -1.06. The molecule has 0 saturated heterocycles. The Bertz CT molecular complexity index is 454. The first-order valence-electron chi connectivity index (χ1n) is 7.69. The monoisotopic (exact) mass is 311 g/mol. The Kier molecular flexibility index (Phi) is 7.76. The molecule has 0 aliphatic carbocycles. The number of ketones is 1. The van der Waals surface area contributed by atoms with Crippen molar-refractivity contribution >= 4 is 17.4 Å². The summed E-state index contributed by atoms with van der Waals surface area (Å²) in [5.74, 6) is 0.733. The Labute approximate surface area is 133 Å². The number of halogens is 1. The average Bonchev–Trinajstić information content (AvgIpc) is 2.41. The van der Waals surface area contributed by atoms with Gasteiger partial charge in [0.25, 0.3) is 0 Å². The highest BCUT2D eigenvalue weighted by atomic mass is 35.5. The molecule has 1 aromatic rings. The minimum atomic E-state index is 0.0636. The molecule has 0 saturated carbocycles. The summed E-state index contributed by atoms with van der Waals surface area (Å²) in [7, 11) is 0. The molecule has 0 aliphatic heterocycles. The topological polar surface area (TPSA) is 29.5 Å². The number of Topliss-reactive ketones (excluding diaryl/α,β-unsaturated/α-hetero) is 1. The van der Waals surface area contributed by atoms with Crippen molar-refractivity contribution in [3.8, 4) is 5.75 Å². The van der Waals surface area contributed by atoms with Crippen molar-refractivity contribution in [1.29, 1.82) is 0 Å². The fourth-order valence-electron chi connectivity index (χ4n) is 2.22. The summed E-state index contributed by atoms with van der Waals surface area (Å²) in [6.07, 6.45) is 2.17. The second-order valence-corrected chi connectivity index (χ2v) is 5.92. The first-order chi connectivity index (χ1) is 9.97. The molecule has 118 valence electrons. The Morgan fingerprint density at radius 3 is 2.33 bits per heavy atom. The standard InChI is InChI=1S/C17H26ClNO2/c1-5-9-19(10-6-2)12-16(20)14-7-8-17(15(18)11-14)21-13(3)4/h7-8,11,13H,5-6,9-10,12H2,1-4H3. The maximum Gasteiger partial charge on any atom is 0.176 e. The van der Waals surface area contributed by atoms with Crippen LogP contribution in [0.1, 0.15) is 50.9 Å². The van der Waals surface area contributed by atoms with E-state index in [4.69, 9.17) is 16.3 Å². The molecule has 0 aliphatic rings. The van der Waals surface area contributed by atoms with Crippen LogP contribution >= 0.6 is 11.6 Å². The van der Waals surface area contributed by atoms with E-state index >= 15 is 0 Å². The lowest BCUT2D eigenvalue weighted by molar-refractivity contribution is 0.0930. The van der Waals surface area contributed by atoms with Crippen molar-refractivity contribution in [3.05, 3.63) is 28.8 Å². The van der Waals surface area contributed by atoms with Crippen LogP contribution < -0.4 is 4.74 Å². The largest absolute Gasteiger partial charge is 0.489 e. The number of benzene rings is 1. The Morgan fingerprint density at radius 2 is 1.86 bits per heavy atom. The van der Waals surface area contributed by atoms with E-state index in [0.29, 0.717) is 22.9 Å². The first kappa shape index (κ1) is 18.0. The summed E-state index contributed by atoms with van der Waals surface area (Å²) in [6, 6.07) is 5.28. The van der Waals surface area contributed by atoms with Gasteiger partial charge in [0.1, 0.15) is 5.75 Å². The lowest BCUT2D eigenvalue weighted by Crippen LogP contribution is -2.31. The summed E-state index contributed by atoms with van der Waals surface area (Å²) >= 11 is 6.19. The van der Waals surface area contributed by atoms with Gasteiger partial charge in [0, 0.05) is 5.56 Å². The molecule has 0 aromatic heterocycles. The van der Waals surface area contributed by atoms with Crippen LogP contribution in [0.3, 0.4) is 0 Å². The van der Waals surface area contributed by atoms with Gasteiger partial charge >= 0.3 is 0 Å². The number of hydrogen-bond acceptors (Lipinski definition) is 3. The van der Waals surface area contributed by atoms with E-state index in [1.165, 1.54) is 0 Å². The molecule has 0 radical (unpaired) electrons. The highest BCUT2D eigenvalue weighted by Gasteiger charge is 2.13. The van der Waals surface area contributed by atoms with Gasteiger partial charge in [0.2, 0.25) is 0 Å². The third kappa shape index (κ3) is 6.06. The minimum Gasteiger partial charge on any atom is -0.489 e. The number of carbonyl (C=O) groups is 1. The van der Waals surface area contributed by atoms with Crippen molar-refractivity contribution < 1.29 is 9.53 Å². The predicted octanol–water partition coefficient (Wildman–Crippen LogP) is 4.43. The normalized spacial score (nSPS) is 11.2. The molecule has 21 heavy (non-hydrogen) atoms. The van der Waals surface area contributed by atoms with Crippen LogP contribution in [0.4, 0.5) is 0 Å². The van der Waals surface area contributed by atoms with Gasteiger partial charge in [-0.1, -0.05) is 25.4 Å². The van der Waals surface area contributed by atoms with Gasteiger partial charge in [0.15, 0.2) is 5.78 Å². The summed E-state index contributed by atoms with van der Waals surface area (Å²) in [4.78, 5) is 14.5. The van der Waals surface area contributed by atoms with Crippen LogP contribution in [-0.2, 0) is 0 Å². The van der Waals surface area contributed by atoms with E-state index < -0.39 is 0 Å². The zero-order chi connectivity index (χ0) is 15.8. The average molecular weight is 312 g/mol. The van der Waals surface area contributed by atoms with Gasteiger partial charge in [-0.15, -0.1) is 0 Å². The van der Waals surface area contributed by atoms with Crippen LogP contribution in [-0.4, -0.2) is 36.4 Å². The fraction of sp³-hybridized carbons (Fsp3) is 0.588. The van der Waals surface area contributed by atoms with Crippen molar-refractivity contribution in [1.82, 2.24) is 4.90 Å². The minimum absolute atomic E-state index is 0.0636. The molecule has 0 spiro atoms. The zero-order valence-electron chi connectivity index (χ0n) is 13.5. The molecule has 0 heterocycles. The highest BCUT2D eigenvalue weighted by molar-refractivity contribution is 6.32. The number of nitrogens with zero attached hydrogens (tertiary/aromatic N) is 1. The molecule has 3 nitrogen and oxygen atoms in total. The van der Waals surface area contributed by atoms with E-state index in [1.54, 1.807) is 18.2 Å². The smallest absolute Gasteiger partial charge is 0.176 e. The highest BCUT2D eigenvalue weighted by Crippen LogP contribution is 2.26. The van der Waals surface area contributed by atoms with Crippen LogP contribution in [0.2, 0.25) is 5.02 Å². The second-order valence-electron chi connectivity index (χ2n) is 5.51. The quantitative estimate of drug-likeness (QED) is 0.632. The SMILES string of the molecule is CCCN(CCC)CC(=O)c1ccc(OC(C)C)c(Cl)c1. The summed E-state index contributed by atoms with van der Waals surface area (Å²) in [5, 5.41) is 0.493. The summed E-state index contributed by atoms with van der Waals surface area (Å²) in [6.45, 7) is 10.5. The van der Waals surface area contributed by atoms with Crippen LogP contribution in [0.5, 0.6) is 5.75 Å². The predicted molar refractivity (Wildman–Crippen MR) is 88.6 cm³/mol. The maximum absolute atomic E-state index is 12.3. The molecule has 0 fully saturated rings. The summed E-state index contributed by atoms with van der Waals surface area (Å²) in [5.41, 5.74) is 0.647. The number of ether oxygens (including phenoxy) is 1. The molecular formula is C17H26ClNO2. The van der Waals surface area contributed by atoms with Gasteiger partial charge in [0.05, 0.1) is 17.7 Å². The molecule has 1 rings (SSSR count). The van der Waals surface area contributed by atoms with Crippen molar-refractivity contribution in [3.63, 3.8) is 0 Å². The van der Waals surface area contributed by atoms with E-state index in [0.717, 1.165) is 25.9 Å². The van der Waals surface area contributed by atoms with Gasteiger partial charge in [-0.3, -0.25) is 9.69 Å². The third-order valence-electron chi connectivity index (χ3n) is 3.06. The maximum atomic E-state index is 12.3. The Morgan fingerprint density at radius 1 is 1.24 bits per heavy atom. The van der Waals surface area contributed by atoms with E-state index in [-0.39, 0.29) is 11.9 Å². The lowest BCUT2D eigenvalue weighted by Gasteiger charge is -2.20. The van der Waals surface area contributed by atoms with Gasteiger partial charge in [-0.05, 0) is 58.0 Å². The molecule has 1 aromatic carbocycles. The third-order valence-corrected chi connectivity index (χ3v) is 3.36. The summed E-state index contributed by atoms with van der Waals surface area (Å²) < 4.78 is 5.58. The van der Waals surface area contributed by atoms with Gasteiger partial charge in [-0.25, -0.2) is 0 Å². The fourth-order valence-corrected chi connectivity index (χ4v) is 2.45. The van der Waals surface area contributed by atoms with Gasteiger partial charge < -0.3 is 4.74 Å². The van der Waals surface area contributed by atoms with Crippen LogP contribution in [0.15, 0.2) is 18.2 Å². The first-order valence-corrected chi connectivity index (χ1v) is 8.07. The number of rotatable bonds is 9. The van der Waals surface area contributed by atoms with E-state index in [2.05, 4.69) is 18.7 Å². The molecular weight excluding hydrogens is 286 g/mol. The van der Waals surface area contributed by atoms with Crippen molar-refractivity contribution in [2.45, 2.75) is 46.6 Å². The Balaban J connectivity index is 2.75. The van der Waals surface area contributed by atoms with Crippen LogP contribution in [0, 0.1) is 0 Å². The zero-order valence-corrected chi connectivity index (χ0v) is 14.2. The van der Waals surface area contributed by atoms with E-state index in [1.807, 2.05) is 13.8 Å². The number of hydrogen-bond donors (Lipinski definition) is 0. The van der Waals surface area contributed by atoms with E-state index in [9.17, 15) is 4.79 Å². The molecule has 0 unspecified atom stereocenters. The molecule has 0 bridgehead atoms. The lowest BCUT2D eigenvalue weighted by atomic mass is 10.1. The number of carbonyl (C=O) groups excluding carboxylic acids is 1. The second kappa shape index (κ2) is 9.06. The van der Waals surface area contributed by atoms with Crippen molar-refractivity contribution in [2.75, 3.05) is 19.6 Å². The molecule has 0 amide bonds. The molecule has 0 N–H and O–H groups in total. The molecule has 0 atom stereocenters. The molecule has 4 heteroatoms. The van der Waals surface area contributed by atoms with Gasteiger partial charge in [-0.2, -0.15) is 0 Å². The van der Waals surface area contributed by atoms with Crippen LogP contribution in [0.25, 0.3) is 0 Å². The van der Waals surface area contributed by atoms with Crippen molar-refractivity contribution in [2.24, 2.45) is 0 Å².